The van der Waals surface area contributed by atoms with Crippen molar-refractivity contribution in [1.82, 2.24) is 5.32 Å². The lowest BCUT2D eigenvalue weighted by atomic mass is 10.1. The van der Waals surface area contributed by atoms with Gasteiger partial charge >= 0.3 is 5.97 Å². The van der Waals surface area contributed by atoms with Crippen LogP contribution in [0.3, 0.4) is 0 Å². The van der Waals surface area contributed by atoms with Crippen LogP contribution in [0.4, 0.5) is 5.69 Å². The van der Waals surface area contributed by atoms with Gasteiger partial charge in [-0.3, -0.25) is 14.9 Å². The molecule has 0 saturated carbocycles. The third kappa shape index (κ3) is 5.19. The number of amides is 1. The Morgan fingerprint density at radius 2 is 2.07 bits per heavy atom. The molecule has 150 valence electrons. The number of esters is 1. The number of benzene rings is 1. The van der Waals surface area contributed by atoms with Crippen molar-refractivity contribution in [1.29, 1.82) is 0 Å². The molecule has 0 bridgehead atoms. The first-order valence-electron chi connectivity index (χ1n) is 8.36. The van der Waals surface area contributed by atoms with Crippen LogP contribution in [0.1, 0.15) is 35.1 Å². The number of nitro groups is 1. The smallest absolute Gasteiger partial charge is 0.345 e. The predicted molar refractivity (Wildman–Crippen MR) is 102 cm³/mol. The summed E-state index contributed by atoms with van der Waals surface area (Å²) in [6.07, 6.45) is 0. The Balaban J connectivity index is 2.10. The molecule has 0 fully saturated rings. The summed E-state index contributed by atoms with van der Waals surface area (Å²) in [5.41, 5.74) is -0.828. The van der Waals surface area contributed by atoms with Gasteiger partial charge in [-0.25, -0.2) is 4.79 Å². The number of nitrogens with zero attached hydrogens (tertiary/aromatic N) is 1. The van der Waals surface area contributed by atoms with E-state index in [1.807, 2.05) is 17.5 Å². The summed E-state index contributed by atoms with van der Waals surface area (Å²) < 4.78 is 15.3. The molecular formula is C18H20N2O7S. The van der Waals surface area contributed by atoms with Crippen molar-refractivity contribution >= 4 is 28.9 Å². The molecule has 1 N–H and O–H groups in total. The second-order valence-corrected chi connectivity index (χ2v) is 6.57. The largest absolute Gasteiger partial charge is 0.493 e. The number of thiophene rings is 1. The number of ether oxygens (including phenoxy) is 3. The first-order valence-corrected chi connectivity index (χ1v) is 9.24. The van der Waals surface area contributed by atoms with Gasteiger partial charge in [0.25, 0.3) is 11.6 Å². The number of nitrogens with one attached hydrogen (secondary N) is 1. The van der Waals surface area contributed by atoms with Gasteiger partial charge < -0.3 is 19.5 Å². The van der Waals surface area contributed by atoms with Crippen molar-refractivity contribution in [3.8, 4) is 11.5 Å². The Hall–Kier alpha value is -3.14. The SMILES string of the molecule is CCOc1cc([N+](=O)[O-])c(C(=O)OCC(=O)N[C@H](C)c2cccs2)cc1OC. The van der Waals surface area contributed by atoms with Gasteiger partial charge in [0.2, 0.25) is 0 Å². The quantitative estimate of drug-likeness (QED) is 0.385. The minimum Gasteiger partial charge on any atom is -0.493 e. The van der Waals surface area contributed by atoms with Gasteiger partial charge in [-0.15, -0.1) is 11.3 Å². The Morgan fingerprint density at radius 1 is 1.32 bits per heavy atom. The molecule has 10 heteroatoms. The molecule has 0 aliphatic carbocycles. The van der Waals surface area contributed by atoms with E-state index in [1.165, 1.54) is 18.4 Å². The van der Waals surface area contributed by atoms with Crippen LogP contribution in [0.25, 0.3) is 0 Å². The predicted octanol–water partition coefficient (Wildman–Crippen LogP) is 3.10. The molecule has 0 aliphatic heterocycles. The van der Waals surface area contributed by atoms with Crippen molar-refractivity contribution in [2.45, 2.75) is 19.9 Å². The third-order valence-corrected chi connectivity index (χ3v) is 4.74. The zero-order valence-electron chi connectivity index (χ0n) is 15.6. The fourth-order valence-electron chi connectivity index (χ4n) is 2.39. The zero-order valence-corrected chi connectivity index (χ0v) is 16.4. The fourth-order valence-corrected chi connectivity index (χ4v) is 3.13. The molecule has 0 aliphatic rings. The monoisotopic (exact) mass is 408 g/mol. The summed E-state index contributed by atoms with van der Waals surface area (Å²) in [5, 5.41) is 15.9. The molecule has 1 amide bonds. The highest BCUT2D eigenvalue weighted by molar-refractivity contribution is 7.10. The second-order valence-electron chi connectivity index (χ2n) is 5.59. The van der Waals surface area contributed by atoms with Crippen LogP contribution >= 0.6 is 11.3 Å². The van der Waals surface area contributed by atoms with Gasteiger partial charge in [-0.05, 0) is 25.3 Å². The van der Waals surface area contributed by atoms with Gasteiger partial charge in [-0.2, -0.15) is 0 Å². The average Bonchev–Trinajstić information content (AvgIpc) is 3.20. The summed E-state index contributed by atoms with van der Waals surface area (Å²) in [7, 11) is 1.35. The van der Waals surface area contributed by atoms with E-state index in [4.69, 9.17) is 14.2 Å². The summed E-state index contributed by atoms with van der Waals surface area (Å²) in [5.74, 6) is -1.24. The third-order valence-electron chi connectivity index (χ3n) is 3.68. The van der Waals surface area contributed by atoms with E-state index in [0.717, 1.165) is 17.0 Å². The van der Waals surface area contributed by atoms with Crippen LogP contribution in [-0.4, -0.2) is 37.1 Å². The van der Waals surface area contributed by atoms with Gasteiger partial charge in [-0.1, -0.05) is 6.07 Å². The van der Waals surface area contributed by atoms with E-state index in [2.05, 4.69) is 5.32 Å². The molecule has 2 aromatic rings. The average molecular weight is 408 g/mol. The minimum absolute atomic E-state index is 0.135. The van der Waals surface area contributed by atoms with Gasteiger partial charge in [0.05, 0.1) is 30.7 Å². The summed E-state index contributed by atoms with van der Waals surface area (Å²) in [6.45, 7) is 3.21. The van der Waals surface area contributed by atoms with Gasteiger partial charge in [0.1, 0.15) is 5.56 Å². The number of nitro benzene ring substituents is 1. The van der Waals surface area contributed by atoms with E-state index in [-0.39, 0.29) is 29.7 Å². The molecule has 28 heavy (non-hydrogen) atoms. The normalized spacial score (nSPS) is 11.4. The van der Waals surface area contributed by atoms with Crippen molar-refractivity contribution in [2.75, 3.05) is 20.3 Å². The maximum Gasteiger partial charge on any atom is 0.345 e. The zero-order chi connectivity index (χ0) is 20.7. The highest BCUT2D eigenvalue weighted by atomic mass is 32.1. The molecule has 1 aromatic carbocycles. The molecule has 1 atom stereocenters. The Labute approximate surface area is 165 Å². The van der Waals surface area contributed by atoms with E-state index < -0.39 is 29.1 Å². The molecular weight excluding hydrogens is 388 g/mol. The Bertz CT molecular complexity index is 852. The summed E-state index contributed by atoms with van der Waals surface area (Å²) in [4.78, 5) is 35.9. The van der Waals surface area contributed by atoms with Crippen LogP contribution in [0, 0.1) is 10.1 Å². The standard InChI is InChI=1S/C18H20N2O7S/c1-4-26-15-9-13(20(23)24)12(8-14(15)25-3)18(22)27-10-17(21)19-11(2)16-6-5-7-28-16/h5-9,11H,4,10H2,1-3H3,(H,19,21)/t11-/m1/s1. The highest BCUT2D eigenvalue weighted by Gasteiger charge is 2.26. The maximum absolute atomic E-state index is 12.3. The second kappa shape index (κ2) is 9.70. The number of carbonyl (C=O) groups is 2. The van der Waals surface area contributed by atoms with Crippen molar-refractivity contribution in [2.24, 2.45) is 0 Å². The highest BCUT2D eigenvalue weighted by Crippen LogP contribution is 2.35. The number of hydrogen-bond acceptors (Lipinski definition) is 8. The lowest BCUT2D eigenvalue weighted by Gasteiger charge is -2.13. The van der Waals surface area contributed by atoms with Crippen LogP contribution in [0.5, 0.6) is 11.5 Å². The minimum atomic E-state index is -1.01. The lowest BCUT2D eigenvalue weighted by Crippen LogP contribution is -2.30. The molecule has 2 rings (SSSR count). The fraction of sp³-hybridized carbons (Fsp3) is 0.333. The number of rotatable bonds is 9. The maximum atomic E-state index is 12.3. The Morgan fingerprint density at radius 3 is 2.64 bits per heavy atom. The first kappa shape index (κ1) is 21.2. The van der Waals surface area contributed by atoms with Crippen LogP contribution in [-0.2, 0) is 9.53 Å². The van der Waals surface area contributed by atoms with E-state index in [0.29, 0.717) is 0 Å². The van der Waals surface area contributed by atoms with Gasteiger partial charge in [0.15, 0.2) is 18.1 Å². The van der Waals surface area contributed by atoms with Gasteiger partial charge in [0, 0.05) is 10.9 Å². The molecule has 9 nitrogen and oxygen atoms in total. The lowest BCUT2D eigenvalue weighted by molar-refractivity contribution is -0.385. The van der Waals surface area contributed by atoms with Crippen molar-refractivity contribution in [3.63, 3.8) is 0 Å². The number of carbonyl (C=O) groups excluding carboxylic acids is 2. The summed E-state index contributed by atoms with van der Waals surface area (Å²) >= 11 is 1.49. The van der Waals surface area contributed by atoms with E-state index in [1.54, 1.807) is 13.8 Å². The van der Waals surface area contributed by atoms with Crippen LogP contribution < -0.4 is 14.8 Å². The summed E-state index contributed by atoms with van der Waals surface area (Å²) in [6, 6.07) is 5.75. The van der Waals surface area contributed by atoms with Crippen molar-refractivity contribution in [3.05, 3.63) is 50.2 Å². The molecule has 0 radical (unpaired) electrons. The number of hydrogen-bond donors (Lipinski definition) is 1. The van der Waals surface area contributed by atoms with E-state index >= 15 is 0 Å². The van der Waals surface area contributed by atoms with Crippen LogP contribution in [0.2, 0.25) is 0 Å². The topological polar surface area (TPSA) is 117 Å². The molecule has 1 aromatic heterocycles. The van der Waals surface area contributed by atoms with Crippen molar-refractivity contribution < 1.29 is 28.7 Å². The molecule has 0 saturated heterocycles. The van der Waals surface area contributed by atoms with E-state index in [9.17, 15) is 19.7 Å². The molecule has 1 heterocycles. The Kier molecular flexibility index (Phi) is 7.33. The van der Waals surface area contributed by atoms with Crippen LogP contribution in [0.15, 0.2) is 29.6 Å². The number of methoxy groups -OCH3 is 1. The molecule has 0 spiro atoms. The molecule has 0 unspecified atom stereocenters. The first-order chi connectivity index (χ1) is 13.4.